The van der Waals surface area contributed by atoms with Crippen LogP contribution in [-0.4, -0.2) is 27.5 Å². The molecule has 1 aromatic heterocycles. The van der Waals surface area contributed by atoms with E-state index in [0.717, 1.165) is 25.0 Å². The number of hydrogen-bond donors (Lipinski definition) is 1. The van der Waals surface area contributed by atoms with Crippen LogP contribution in [0.4, 0.5) is 13.2 Å². The molecule has 1 aromatic carbocycles. The lowest BCUT2D eigenvalue weighted by Gasteiger charge is -2.11. The molecule has 9 heteroatoms. The first-order valence-electron chi connectivity index (χ1n) is 7.49. The summed E-state index contributed by atoms with van der Waals surface area (Å²) in [7, 11) is 0. The molecule has 2 heterocycles. The Morgan fingerprint density at radius 2 is 2.25 bits per heavy atom. The van der Waals surface area contributed by atoms with Gasteiger partial charge in [-0.1, -0.05) is 30.0 Å². The zero-order chi connectivity index (χ0) is 17.2. The number of benzene rings is 1. The molecule has 1 unspecified atom stereocenters. The molecule has 24 heavy (non-hydrogen) atoms. The molecule has 1 atom stereocenters. The van der Waals surface area contributed by atoms with Crippen LogP contribution in [0.5, 0.6) is 0 Å². The van der Waals surface area contributed by atoms with E-state index in [0.29, 0.717) is 29.6 Å². The molecule has 5 nitrogen and oxygen atoms in total. The van der Waals surface area contributed by atoms with Gasteiger partial charge < -0.3 is 4.74 Å². The van der Waals surface area contributed by atoms with E-state index in [4.69, 9.17) is 4.74 Å². The zero-order valence-corrected chi connectivity index (χ0v) is 13.5. The van der Waals surface area contributed by atoms with E-state index in [1.165, 1.54) is 22.4 Å². The number of thioether (sulfide) groups is 1. The van der Waals surface area contributed by atoms with Crippen LogP contribution in [0.25, 0.3) is 0 Å². The molecular weight excluding hydrogens is 343 g/mol. The Morgan fingerprint density at radius 1 is 1.42 bits per heavy atom. The maximum Gasteiger partial charge on any atom is 0.416 e. The van der Waals surface area contributed by atoms with Crippen molar-refractivity contribution in [3.63, 3.8) is 0 Å². The van der Waals surface area contributed by atoms with Crippen molar-refractivity contribution in [1.29, 1.82) is 0 Å². The van der Waals surface area contributed by atoms with Crippen LogP contribution in [0.3, 0.4) is 0 Å². The Hall–Kier alpha value is -1.74. The van der Waals surface area contributed by atoms with Gasteiger partial charge in [0.15, 0.2) is 5.16 Å². The van der Waals surface area contributed by atoms with Crippen LogP contribution >= 0.6 is 11.8 Å². The molecule has 0 aliphatic carbocycles. The van der Waals surface area contributed by atoms with Crippen LogP contribution in [0.15, 0.2) is 34.2 Å². The van der Waals surface area contributed by atoms with Gasteiger partial charge in [-0.2, -0.15) is 13.2 Å². The minimum absolute atomic E-state index is 0.0202. The maximum atomic E-state index is 12.7. The first-order valence-corrected chi connectivity index (χ1v) is 8.48. The average molecular weight is 359 g/mol. The summed E-state index contributed by atoms with van der Waals surface area (Å²) in [5.74, 6) is 0.291. The molecule has 2 aromatic rings. The minimum atomic E-state index is -4.37. The lowest BCUT2D eigenvalue weighted by atomic mass is 10.1. The van der Waals surface area contributed by atoms with Gasteiger partial charge in [0.1, 0.15) is 0 Å². The van der Waals surface area contributed by atoms with Gasteiger partial charge in [-0.3, -0.25) is 4.57 Å². The first kappa shape index (κ1) is 17.1. The second kappa shape index (κ2) is 7.02. The van der Waals surface area contributed by atoms with Crippen molar-refractivity contribution in [3.05, 3.63) is 45.9 Å². The van der Waals surface area contributed by atoms with Crippen molar-refractivity contribution < 1.29 is 17.9 Å². The number of rotatable bonds is 5. The predicted molar refractivity (Wildman–Crippen MR) is 82.8 cm³/mol. The molecule has 0 radical (unpaired) electrons. The molecule has 1 saturated heterocycles. The molecule has 1 N–H and O–H groups in total. The van der Waals surface area contributed by atoms with E-state index in [9.17, 15) is 18.0 Å². The summed E-state index contributed by atoms with van der Waals surface area (Å²) in [6.07, 6.45) is -2.54. The fourth-order valence-corrected chi connectivity index (χ4v) is 3.45. The van der Waals surface area contributed by atoms with Gasteiger partial charge >= 0.3 is 11.9 Å². The van der Waals surface area contributed by atoms with Gasteiger partial charge in [-0.25, -0.2) is 9.89 Å². The highest BCUT2D eigenvalue weighted by Crippen LogP contribution is 2.31. The summed E-state index contributed by atoms with van der Waals surface area (Å²) in [5, 5.41) is 6.79. The predicted octanol–water partition coefficient (Wildman–Crippen LogP) is 3.06. The van der Waals surface area contributed by atoms with Crippen molar-refractivity contribution >= 4 is 11.8 Å². The third-order valence-electron chi connectivity index (χ3n) is 3.76. The lowest BCUT2D eigenvalue weighted by molar-refractivity contribution is -0.137. The molecule has 0 saturated carbocycles. The summed E-state index contributed by atoms with van der Waals surface area (Å²) in [4.78, 5) is 11.9. The summed E-state index contributed by atoms with van der Waals surface area (Å²) in [6, 6.07) is 5.15. The monoisotopic (exact) mass is 359 g/mol. The Kier molecular flexibility index (Phi) is 5.00. The maximum absolute atomic E-state index is 12.7. The third-order valence-corrected chi connectivity index (χ3v) is 4.80. The smallest absolute Gasteiger partial charge is 0.376 e. The highest BCUT2D eigenvalue weighted by Gasteiger charge is 2.30. The van der Waals surface area contributed by atoms with E-state index in [1.54, 1.807) is 6.07 Å². The quantitative estimate of drug-likeness (QED) is 0.834. The second-order valence-electron chi connectivity index (χ2n) is 5.54. The van der Waals surface area contributed by atoms with Crippen molar-refractivity contribution in [3.8, 4) is 0 Å². The third kappa shape index (κ3) is 4.02. The standard InChI is InChI=1S/C15H16F3N3O2S/c16-15(17,18)11-4-1-3-10(7-11)9-24-14-20-19-13(22)21(14)8-12-5-2-6-23-12/h1,3-4,7,12H,2,5-6,8-9H2,(H,19,22). The summed E-state index contributed by atoms with van der Waals surface area (Å²) in [5.41, 5.74) is -0.495. The largest absolute Gasteiger partial charge is 0.416 e. The van der Waals surface area contributed by atoms with E-state index >= 15 is 0 Å². The van der Waals surface area contributed by atoms with Crippen molar-refractivity contribution in [2.45, 2.75) is 42.6 Å². The molecule has 1 fully saturated rings. The Labute approximate surface area is 140 Å². The molecule has 0 amide bonds. The van der Waals surface area contributed by atoms with Gasteiger partial charge in [-0.15, -0.1) is 5.10 Å². The topological polar surface area (TPSA) is 59.9 Å². The van der Waals surface area contributed by atoms with E-state index < -0.39 is 11.7 Å². The number of ether oxygens (including phenoxy) is 1. The Balaban J connectivity index is 1.70. The van der Waals surface area contributed by atoms with Crippen molar-refractivity contribution in [1.82, 2.24) is 14.8 Å². The van der Waals surface area contributed by atoms with E-state index in [-0.39, 0.29) is 11.8 Å². The molecule has 0 bridgehead atoms. The summed E-state index contributed by atoms with van der Waals surface area (Å²) >= 11 is 1.22. The summed E-state index contributed by atoms with van der Waals surface area (Å²) < 4.78 is 45.2. The van der Waals surface area contributed by atoms with Crippen LogP contribution in [0.2, 0.25) is 0 Å². The molecule has 3 rings (SSSR count). The minimum Gasteiger partial charge on any atom is -0.376 e. The molecule has 1 aliphatic rings. The molecule has 0 spiro atoms. The van der Waals surface area contributed by atoms with Crippen LogP contribution in [0.1, 0.15) is 24.0 Å². The normalized spacial score (nSPS) is 18.2. The van der Waals surface area contributed by atoms with E-state index in [1.807, 2.05) is 0 Å². The van der Waals surface area contributed by atoms with E-state index in [2.05, 4.69) is 10.2 Å². The number of aromatic nitrogens is 3. The van der Waals surface area contributed by atoms with Gasteiger partial charge in [0.05, 0.1) is 18.2 Å². The van der Waals surface area contributed by atoms with Gasteiger partial charge in [0.25, 0.3) is 0 Å². The van der Waals surface area contributed by atoms with Gasteiger partial charge in [-0.05, 0) is 24.5 Å². The SMILES string of the molecule is O=c1[nH]nc(SCc2cccc(C(F)(F)F)c2)n1CC1CCCO1. The number of hydrogen-bond acceptors (Lipinski definition) is 4. The number of H-pyrrole nitrogens is 1. The first-order chi connectivity index (χ1) is 11.4. The van der Waals surface area contributed by atoms with Gasteiger partial charge in [0, 0.05) is 12.4 Å². The van der Waals surface area contributed by atoms with Crippen LogP contribution in [-0.2, 0) is 23.2 Å². The Bertz CT molecular complexity index is 751. The Morgan fingerprint density at radius 3 is 2.96 bits per heavy atom. The molecule has 130 valence electrons. The van der Waals surface area contributed by atoms with Crippen molar-refractivity contribution in [2.24, 2.45) is 0 Å². The number of aromatic amines is 1. The van der Waals surface area contributed by atoms with Crippen LogP contribution in [0, 0.1) is 0 Å². The summed E-state index contributed by atoms with van der Waals surface area (Å²) in [6.45, 7) is 1.09. The second-order valence-corrected chi connectivity index (χ2v) is 6.49. The highest BCUT2D eigenvalue weighted by molar-refractivity contribution is 7.98. The highest BCUT2D eigenvalue weighted by atomic mass is 32.2. The fraction of sp³-hybridized carbons (Fsp3) is 0.467. The van der Waals surface area contributed by atoms with Gasteiger partial charge in [0.2, 0.25) is 0 Å². The number of nitrogens with zero attached hydrogens (tertiary/aromatic N) is 2. The van der Waals surface area contributed by atoms with Crippen LogP contribution < -0.4 is 5.69 Å². The fourth-order valence-electron chi connectivity index (χ4n) is 2.55. The molecule has 1 aliphatic heterocycles. The average Bonchev–Trinajstić information content (AvgIpc) is 3.17. The number of halogens is 3. The number of alkyl halides is 3. The lowest BCUT2D eigenvalue weighted by Crippen LogP contribution is -2.24. The van der Waals surface area contributed by atoms with Crippen molar-refractivity contribution in [2.75, 3.05) is 6.61 Å². The zero-order valence-electron chi connectivity index (χ0n) is 12.7. The number of nitrogens with one attached hydrogen (secondary N) is 1. The molecular formula is C15H16F3N3O2S.